The number of nitrogens with zero attached hydrogens (tertiary/aromatic N) is 17. The first kappa shape index (κ1) is 97.5. The minimum absolute atomic E-state index is 0. The summed E-state index contributed by atoms with van der Waals surface area (Å²) >= 11 is 4.34. The molecule has 1 fully saturated rings. The number of aromatic amines is 2. The molecule has 1 saturated heterocycles. The van der Waals surface area contributed by atoms with Gasteiger partial charge in [0.05, 0.1) is 19.3 Å². The Balaban J connectivity index is 0.000000148. The number of anilines is 2. The minimum atomic E-state index is -1.44. The number of imidazole rings is 2. The second-order valence-corrected chi connectivity index (χ2v) is 33.7. The molecule has 0 radical (unpaired) electrons. The normalized spacial score (nSPS) is 12.2. The molecule has 0 saturated carbocycles. The Hall–Kier alpha value is -13.5. The predicted molar refractivity (Wildman–Crippen MR) is 515 cm³/mol. The van der Waals surface area contributed by atoms with E-state index in [1.165, 1.54) is 63.3 Å². The van der Waals surface area contributed by atoms with E-state index >= 15 is 0 Å². The SMILES string of the molecule is C.COC(=O)c1ccc(C)c(-c2cc3cnc(SC)nc3n(C)c2=O)c1.CSc1ncc2c(n1)N(C)C(O)=C(c1cc(CO)ccc1C)C2.CSc1ncc2cc(-c3cc(-c4ncc[nH]4)ccc3C)c(=O)n(C)c2n1.CSc1ncc2cc(-c3cc(C=O)ccc3C)c(=O)n(C)c2n1.Cc1ccc(-c2ncc[nH]2)cc1-c1cc2cnc(NC3CCOCC3)nc2n(C)c1=O.[O]=[Mn]=[O]. The number of allylic oxidation sites excluding steroid dienone is 1. The first-order valence-corrected chi connectivity index (χ1v) is 46.6. The molecular formula is C95H96MnN20O12S4. The first-order chi connectivity index (χ1) is 63.1. The zero-order valence-corrected chi connectivity index (χ0v) is 78.6. The standard InChI is InChI=1S/C23H24N6O2.C19H17N5OS.C18H17N3O3S.C17H19N3O2S.C17H15N3O2S.CH4.Mn.2O/c1-14-3-4-15(20-24-7-8-25-20)11-18(14)19-12-16-13-26-23(27-17-5-9-31-10-6-17)28-21(16)29(2)22(19)30;1-11-4-5-12(16-20-6-7-21-16)8-14(11)15-9-13-10-22-19(26-3)23-17(13)24(2)18(15)25;1-10-5-6-11(17(23)24-3)7-13(10)14-8-12-9-19-18(25-4)20-15(12)21(2)16(14)22;2*1-10-4-5-11(9-21)6-13(10)14-7-12-8-18-17(23-3)19-15(12)20(2)16(14)22;;;;/h3-4,7-8,11-13,17H,5-6,9-10H2,1-2H3,(H,24,25)(H,26,27,28);4-10H,1-3H3,(H,20,21);5-9H,1-4H3;4-6,8,21-22H,7,9H2,1-3H3;4-9H,1-3H3;1H4;;;. The second kappa shape index (κ2) is 43.9. The quantitative estimate of drug-likeness (QED) is 0.0197. The fraction of sp³-hybridized carbons (Fsp3) is 0.242. The number of fused-ring (bicyclic) bond motifs is 5. The molecule has 13 heterocycles. The van der Waals surface area contributed by atoms with Crippen LogP contribution in [-0.2, 0) is 73.2 Å². The fourth-order valence-corrected chi connectivity index (χ4v) is 16.3. The molecule has 132 heavy (non-hydrogen) atoms. The summed E-state index contributed by atoms with van der Waals surface area (Å²) in [4.78, 5) is 135. The van der Waals surface area contributed by atoms with Crippen LogP contribution in [0.1, 0.15) is 85.5 Å². The van der Waals surface area contributed by atoms with Crippen LogP contribution in [0.25, 0.3) is 117 Å². The number of H-pyrrole nitrogens is 2. The van der Waals surface area contributed by atoms with Crippen molar-refractivity contribution in [3.8, 4) is 67.3 Å². The molecule has 37 heteroatoms. The zero-order valence-electron chi connectivity index (χ0n) is 74.2. The van der Waals surface area contributed by atoms with Gasteiger partial charge >= 0.3 is 28.5 Å². The number of rotatable bonds is 16. The molecule has 5 N–H and O–H groups in total. The van der Waals surface area contributed by atoms with Crippen LogP contribution in [-0.4, -0.2) is 169 Å². The maximum absolute atomic E-state index is 13.3. The summed E-state index contributed by atoms with van der Waals surface area (Å²) in [5.74, 6) is 2.58. The number of aldehydes is 1. The van der Waals surface area contributed by atoms with E-state index in [0.29, 0.717) is 94.5 Å². The molecule has 0 atom stereocenters. The molecule has 11 aromatic heterocycles. The Morgan fingerprint density at radius 3 is 1.33 bits per heavy atom. The Kier molecular flexibility index (Phi) is 32.5. The number of benzene rings is 5. The summed E-state index contributed by atoms with van der Waals surface area (Å²) in [6.45, 7) is 11.3. The monoisotopic (exact) mass is 1890 g/mol. The molecule has 5 aromatic carbocycles. The summed E-state index contributed by atoms with van der Waals surface area (Å²) in [7, 11) is 10.0. The average Bonchev–Trinajstić information content (AvgIpc) is 0.902. The maximum atomic E-state index is 13.3. The number of ether oxygens (including phenoxy) is 2. The van der Waals surface area contributed by atoms with Crippen molar-refractivity contribution < 1.29 is 51.8 Å². The van der Waals surface area contributed by atoms with Crippen molar-refractivity contribution in [3.05, 3.63) is 274 Å². The molecule has 18 rings (SSSR count). The molecule has 0 unspecified atom stereocenters. The van der Waals surface area contributed by atoms with Gasteiger partial charge in [0.15, 0.2) is 26.5 Å². The number of thioether (sulfide) groups is 4. The molecule has 0 amide bonds. The van der Waals surface area contributed by atoms with E-state index in [1.54, 1.807) is 141 Å². The molecule has 2 aliphatic rings. The number of aryl methyl sites for hydroxylation is 9. The Morgan fingerprint density at radius 1 is 0.508 bits per heavy atom. The number of carbonyl (C=O) groups is 2. The number of esters is 1. The van der Waals surface area contributed by atoms with Gasteiger partial charge in [-0.05, 0) is 194 Å². The van der Waals surface area contributed by atoms with E-state index in [4.69, 9.17) is 17.1 Å². The molecule has 2 aliphatic heterocycles. The van der Waals surface area contributed by atoms with Crippen LogP contribution in [0, 0.1) is 34.6 Å². The van der Waals surface area contributed by atoms with Crippen molar-refractivity contribution >= 4 is 121 Å². The third-order valence-corrected chi connectivity index (χ3v) is 24.4. The van der Waals surface area contributed by atoms with Gasteiger partial charge in [0.1, 0.15) is 46.3 Å². The Bertz CT molecular complexity index is 7370. The number of aliphatic hydroxyl groups excluding tert-OH is 2. The number of hydrogen-bond donors (Lipinski definition) is 5. The Labute approximate surface area is 781 Å². The molecule has 0 aliphatic carbocycles. The Morgan fingerprint density at radius 2 is 0.902 bits per heavy atom. The molecular weight excluding hydrogens is 1800 g/mol. The van der Waals surface area contributed by atoms with Crippen LogP contribution in [0.5, 0.6) is 0 Å². The number of carbonyl (C=O) groups excluding carboxylic acids is 2. The van der Waals surface area contributed by atoms with E-state index in [0.717, 1.165) is 149 Å². The van der Waals surface area contributed by atoms with Crippen LogP contribution >= 0.6 is 47.0 Å². The summed E-state index contributed by atoms with van der Waals surface area (Å²) < 4.78 is 33.2. The van der Waals surface area contributed by atoms with Gasteiger partial charge in [-0.1, -0.05) is 109 Å². The van der Waals surface area contributed by atoms with Crippen molar-refractivity contribution in [3.63, 3.8) is 0 Å². The van der Waals surface area contributed by atoms with Gasteiger partial charge < -0.3 is 35.0 Å². The van der Waals surface area contributed by atoms with E-state index in [1.807, 2.05) is 139 Å². The van der Waals surface area contributed by atoms with Crippen molar-refractivity contribution in [2.24, 2.45) is 28.2 Å². The van der Waals surface area contributed by atoms with Crippen LogP contribution in [0.3, 0.4) is 0 Å². The molecule has 0 bridgehead atoms. The van der Waals surface area contributed by atoms with Gasteiger partial charge in [-0.3, -0.25) is 47.1 Å². The predicted octanol–water partition coefficient (Wildman–Crippen LogP) is 15.7. The fourth-order valence-electron chi connectivity index (χ4n) is 15.0. The number of nitrogens with one attached hydrogen (secondary N) is 3. The van der Waals surface area contributed by atoms with Crippen molar-refractivity contribution in [1.29, 1.82) is 0 Å². The number of aromatic nitrogens is 18. The van der Waals surface area contributed by atoms with Crippen LogP contribution in [0.4, 0.5) is 11.8 Å². The number of methoxy groups -OCH3 is 1. The second-order valence-electron chi connectivity index (χ2n) is 30.4. The van der Waals surface area contributed by atoms with Crippen molar-refractivity contribution in [1.82, 2.24) is 88.0 Å². The van der Waals surface area contributed by atoms with Gasteiger partial charge in [-0.2, -0.15) is 4.98 Å². The van der Waals surface area contributed by atoms with Crippen LogP contribution in [0.2, 0.25) is 0 Å². The van der Waals surface area contributed by atoms with Crippen molar-refractivity contribution in [2.45, 2.75) is 94.6 Å². The van der Waals surface area contributed by atoms with E-state index < -0.39 is 20.8 Å². The van der Waals surface area contributed by atoms with Gasteiger partial charge in [0, 0.05) is 188 Å². The molecule has 32 nitrogen and oxygen atoms in total. The van der Waals surface area contributed by atoms with Gasteiger partial charge in [0.2, 0.25) is 5.95 Å². The van der Waals surface area contributed by atoms with Gasteiger partial charge in [-0.15, -0.1) is 0 Å². The van der Waals surface area contributed by atoms with Gasteiger partial charge in [0.25, 0.3) is 22.2 Å². The molecule has 679 valence electrons. The molecule has 0 spiro atoms. The zero-order chi connectivity index (χ0) is 93.6. The number of hydrogen-bond acceptors (Lipinski definition) is 30. The van der Waals surface area contributed by atoms with Crippen LogP contribution < -0.4 is 32.5 Å². The van der Waals surface area contributed by atoms with E-state index in [2.05, 4.69) is 75.1 Å². The third-order valence-electron chi connectivity index (χ3n) is 22.1. The topological polar surface area (TPSA) is 417 Å². The summed E-state index contributed by atoms with van der Waals surface area (Å²) in [5, 5.41) is 29.2. The first-order valence-electron chi connectivity index (χ1n) is 40.7. The third kappa shape index (κ3) is 21.5. The van der Waals surface area contributed by atoms with Gasteiger partial charge in [-0.25, -0.2) is 59.6 Å². The average molecular weight is 1890 g/mol. The van der Waals surface area contributed by atoms with Crippen LogP contribution in [0.15, 0.2) is 217 Å². The van der Waals surface area contributed by atoms with Crippen molar-refractivity contribution in [2.75, 3.05) is 62.6 Å². The summed E-state index contributed by atoms with van der Waals surface area (Å²) in [5.41, 5.74) is 18.8. The van der Waals surface area contributed by atoms with E-state index in [9.17, 15) is 39.0 Å². The summed E-state index contributed by atoms with van der Waals surface area (Å²) in [6.07, 6.45) is 26.6. The number of aliphatic hydroxyl groups is 2. The number of pyridine rings is 4. The summed E-state index contributed by atoms with van der Waals surface area (Å²) in [6, 6.07) is 35.9. The molecule has 16 aromatic rings. The van der Waals surface area contributed by atoms with E-state index in [-0.39, 0.29) is 48.2 Å².